The number of hydrogen-bond acceptors (Lipinski definition) is 8. The highest BCUT2D eigenvalue weighted by Gasteiger charge is 2.35. The van der Waals surface area contributed by atoms with Gasteiger partial charge in [0, 0.05) is 29.9 Å². The topological polar surface area (TPSA) is 95.3 Å². The Bertz CT molecular complexity index is 1230. The third kappa shape index (κ3) is 5.05. The molecule has 3 N–H and O–H groups in total. The van der Waals surface area contributed by atoms with Gasteiger partial charge in [0.15, 0.2) is 0 Å². The van der Waals surface area contributed by atoms with Gasteiger partial charge in [-0.1, -0.05) is 24.2 Å². The number of halogens is 4. The number of thioether (sulfide) groups is 1. The average molecular weight is 531 g/mol. The molecule has 4 heterocycles. The van der Waals surface area contributed by atoms with Gasteiger partial charge < -0.3 is 25.4 Å². The molecule has 0 spiro atoms. The lowest BCUT2D eigenvalue weighted by atomic mass is 10.0. The van der Waals surface area contributed by atoms with Gasteiger partial charge in [-0.25, -0.2) is 9.18 Å². The number of nitrogens with one attached hydrogen (secondary N) is 3. The Balaban J connectivity index is 1.51. The standard InChI is InChI=1S/C21H22F4N6O2S2/c1-2-31-7-6-12(11(22)9-31)27-13-5-3-4-10-15(13)34-17(16(10)35-21(23,24)25)18-29-19(33-30-18)14-8-26-20(32)28-14/h3-5,11-12,14,27H,2,6-9H2,1H3,(H2,26,28,32)/t11-,12+,14+/m0/s1. The second-order valence-electron chi connectivity index (χ2n) is 8.30. The summed E-state index contributed by atoms with van der Waals surface area (Å²) in [6.45, 7) is 4.03. The van der Waals surface area contributed by atoms with Gasteiger partial charge in [0.2, 0.25) is 5.82 Å². The summed E-state index contributed by atoms with van der Waals surface area (Å²) in [6, 6.07) is 3.59. The first-order valence-corrected chi connectivity index (χ1v) is 12.7. The fourth-order valence-corrected chi connectivity index (χ4v) is 6.37. The zero-order chi connectivity index (χ0) is 24.7. The number of carbonyl (C=O) groups is 1. The van der Waals surface area contributed by atoms with Crippen molar-refractivity contribution >= 4 is 44.9 Å². The Labute approximate surface area is 205 Å². The SMILES string of the molecule is CCN1CC[C@@H](Nc2cccc3c(SC(F)(F)F)c(-c4noc([C@H]5CNC(=O)N5)n4)sc23)[C@@H](F)C1. The van der Waals surface area contributed by atoms with Crippen LogP contribution in [0.2, 0.25) is 0 Å². The van der Waals surface area contributed by atoms with Gasteiger partial charge in [-0.05, 0) is 30.8 Å². The van der Waals surface area contributed by atoms with Gasteiger partial charge in [-0.3, -0.25) is 0 Å². The summed E-state index contributed by atoms with van der Waals surface area (Å²) in [5.41, 5.74) is -3.98. The van der Waals surface area contributed by atoms with Crippen LogP contribution in [0.5, 0.6) is 0 Å². The van der Waals surface area contributed by atoms with Crippen LogP contribution in [-0.2, 0) is 0 Å². The van der Waals surface area contributed by atoms with Crippen molar-refractivity contribution in [2.75, 3.05) is 31.5 Å². The van der Waals surface area contributed by atoms with Crippen LogP contribution >= 0.6 is 23.1 Å². The van der Waals surface area contributed by atoms with E-state index in [0.717, 1.165) is 24.4 Å². The lowest BCUT2D eigenvalue weighted by Gasteiger charge is -2.34. The van der Waals surface area contributed by atoms with E-state index in [0.29, 0.717) is 28.7 Å². The molecule has 2 aromatic heterocycles. The fraction of sp³-hybridized carbons (Fsp3) is 0.476. The van der Waals surface area contributed by atoms with Gasteiger partial charge in [0.05, 0.1) is 21.3 Å². The van der Waals surface area contributed by atoms with Crippen molar-refractivity contribution < 1.29 is 26.9 Å². The number of piperidine rings is 1. The second kappa shape index (κ2) is 9.47. The van der Waals surface area contributed by atoms with Crippen molar-refractivity contribution in [3.63, 3.8) is 0 Å². The molecule has 2 aliphatic rings. The van der Waals surface area contributed by atoms with E-state index in [9.17, 15) is 22.4 Å². The lowest BCUT2D eigenvalue weighted by molar-refractivity contribution is -0.0327. The summed E-state index contributed by atoms with van der Waals surface area (Å²) in [6.07, 6.45) is -0.513. The third-order valence-electron chi connectivity index (χ3n) is 6.02. The summed E-state index contributed by atoms with van der Waals surface area (Å²) < 4.78 is 61.1. The van der Waals surface area contributed by atoms with Crippen molar-refractivity contribution in [2.24, 2.45) is 0 Å². The Morgan fingerprint density at radius 1 is 1.37 bits per heavy atom. The number of thiophene rings is 1. The first-order valence-electron chi connectivity index (χ1n) is 11.0. The van der Waals surface area contributed by atoms with Crippen LogP contribution < -0.4 is 16.0 Å². The first-order chi connectivity index (χ1) is 16.7. The molecule has 8 nitrogen and oxygen atoms in total. The van der Waals surface area contributed by atoms with E-state index >= 15 is 0 Å². The number of aromatic nitrogens is 2. The molecular formula is C21H22F4N6O2S2. The van der Waals surface area contributed by atoms with Crippen LogP contribution in [0.3, 0.4) is 0 Å². The van der Waals surface area contributed by atoms with Crippen molar-refractivity contribution in [1.82, 2.24) is 25.7 Å². The van der Waals surface area contributed by atoms with Crippen LogP contribution in [0.4, 0.5) is 28.0 Å². The quantitative estimate of drug-likeness (QED) is 0.312. The number of anilines is 1. The molecule has 2 saturated heterocycles. The third-order valence-corrected chi connectivity index (χ3v) is 8.24. The molecule has 0 aliphatic carbocycles. The number of carbonyl (C=O) groups excluding carboxylic acids is 1. The number of fused-ring (bicyclic) bond motifs is 1. The van der Waals surface area contributed by atoms with E-state index in [1.165, 1.54) is 0 Å². The molecule has 35 heavy (non-hydrogen) atoms. The maximum atomic E-state index is 14.8. The average Bonchev–Trinajstić information content (AvgIpc) is 3.53. The molecule has 0 bridgehead atoms. The molecular weight excluding hydrogens is 508 g/mol. The molecule has 2 amide bonds. The van der Waals surface area contributed by atoms with Crippen molar-refractivity contribution in [2.45, 2.75) is 42.0 Å². The van der Waals surface area contributed by atoms with Crippen LogP contribution in [0.15, 0.2) is 27.6 Å². The molecule has 2 aliphatic heterocycles. The van der Waals surface area contributed by atoms with Crippen LogP contribution in [0.25, 0.3) is 20.8 Å². The number of rotatable bonds is 6. The zero-order valence-electron chi connectivity index (χ0n) is 18.5. The van der Waals surface area contributed by atoms with Gasteiger partial charge >= 0.3 is 11.5 Å². The van der Waals surface area contributed by atoms with Gasteiger partial charge in [0.1, 0.15) is 12.2 Å². The smallest absolute Gasteiger partial charge is 0.378 e. The van der Waals surface area contributed by atoms with Crippen LogP contribution in [-0.4, -0.2) is 65.0 Å². The van der Waals surface area contributed by atoms with E-state index in [-0.39, 0.29) is 39.8 Å². The zero-order valence-corrected chi connectivity index (χ0v) is 20.1. The summed E-state index contributed by atoms with van der Waals surface area (Å²) in [4.78, 5) is 17.9. The van der Waals surface area contributed by atoms with Crippen molar-refractivity contribution in [3.8, 4) is 10.7 Å². The molecule has 3 aromatic rings. The summed E-state index contributed by atoms with van der Waals surface area (Å²) in [7, 11) is 0. The maximum absolute atomic E-state index is 14.8. The van der Waals surface area contributed by atoms with Gasteiger partial charge in [0.25, 0.3) is 5.89 Å². The van der Waals surface area contributed by atoms with Gasteiger partial charge in [-0.2, -0.15) is 18.2 Å². The monoisotopic (exact) mass is 530 g/mol. The normalized spacial score (nSPS) is 23.5. The molecule has 0 saturated carbocycles. The summed E-state index contributed by atoms with van der Waals surface area (Å²) >= 11 is 0.848. The number of nitrogens with zero attached hydrogens (tertiary/aromatic N) is 3. The highest BCUT2D eigenvalue weighted by atomic mass is 32.2. The largest absolute Gasteiger partial charge is 0.446 e. The molecule has 0 radical (unpaired) electrons. The number of alkyl halides is 4. The van der Waals surface area contributed by atoms with E-state index in [2.05, 4.69) is 26.1 Å². The highest BCUT2D eigenvalue weighted by molar-refractivity contribution is 8.00. The Hall–Kier alpha value is -2.58. The van der Waals surface area contributed by atoms with E-state index in [4.69, 9.17) is 4.52 Å². The van der Waals surface area contributed by atoms with E-state index in [1.807, 2.05) is 11.8 Å². The number of amides is 2. The summed E-state index contributed by atoms with van der Waals surface area (Å²) in [5.74, 6) is 0.0970. The predicted octanol–water partition coefficient (Wildman–Crippen LogP) is 4.76. The number of urea groups is 1. The molecule has 1 aromatic carbocycles. The minimum atomic E-state index is -4.54. The number of hydrogen-bond donors (Lipinski definition) is 3. The van der Waals surface area contributed by atoms with Crippen LogP contribution in [0.1, 0.15) is 25.3 Å². The summed E-state index contributed by atoms with van der Waals surface area (Å²) in [5, 5.41) is 12.7. The minimum Gasteiger partial charge on any atom is -0.378 e. The molecule has 0 unspecified atom stereocenters. The number of likely N-dealkylation sites (tertiary alicyclic amines) is 1. The molecule has 3 atom stereocenters. The first kappa shape index (κ1) is 24.1. The fourth-order valence-electron chi connectivity index (χ4n) is 4.26. The number of benzene rings is 1. The lowest BCUT2D eigenvalue weighted by Crippen LogP contribution is -2.47. The van der Waals surface area contributed by atoms with Crippen LogP contribution in [0, 0.1) is 0 Å². The van der Waals surface area contributed by atoms with E-state index in [1.54, 1.807) is 18.2 Å². The Morgan fingerprint density at radius 3 is 2.89 bits per heavy atom. The van der Waals surface area contributed by atoms with Crippen molar-refractivity contribution in [3.05, 3.63) is 24.1 Å². The van der Waals surface area contributed by atoms with E-state index < -0.39 is 29.8 Å². The van der Waals surface area contributed by atoms with Gasteiger partial charge in [-0.15, -0.1) is 11.3 Å². The minimum absolute atomic E-state index is 0.000305. The molecule has 14 heteroatoms. The second-order valence-corrected chi connectivity index (χ2v) is 10.4. The van der Waals surface area contributed by atoms with Crippen molar-refractivity contribution in [1.29, 1.82) is 0 Å². The Morgan fingerprint density at radius 2 is 2.20 bits per heavy atom. The molecule has 188 valence electrons. The molecule has 5 rings (SSSR count). The molecule has 2 fully saturated rings. The Kier molecular flexibility index (Phi) is 6.53. The maximum Gasteiger partial charge on any atom is 0.446 e. The highest BCUT2D eigenvalue weighted by Crippen LogP contribution is 2.50. The predicted molar refractivity (Wildman–Crippen MR) is 125 cm³/mol.